The highest BCUT2D eigenvalue weighted by atomic mass is 16.6. The number of carbonyl (C=O) groups is 1. The molecule has 1 heterocycles. The third-order valence-corrected chi connectivity index (χ3v) is 4.33. The Morgan fingerprint density at radius 2 is 1.67 bits per heavy atom. The summed E-state index contributed by atoms with van der Waals surface area (Å²) in [4.78, 5) is 12.5. The standard InChI is InChI=1S/C20H24N2O5/c1-20(2,13-5-7-16-18(11-13)27-10-9-26-16)22-19(23)21-14-6-8-15(24-3)17(12-14)25-4/h5-8,11-12H,9-10H2,1-4H3,(H2,21,22,23). The zero-order chi connectivity index (χ0) is 19.4. The molecule has 0 atom stereocenters. The monoisotopic (exact) mass is 372 g/mol. The van der Waals surface area contributed by atoms with E-state index in [9.17, 15) is 4.79 Å². The molecule has 0 unspecified atom stereocenters. The number of methoxy groups -OCH3 is 2. The second-order valence-corrected chi connectivity index (χ2v) is 6.63. The molecule has 2 N–H and O–H groups in total. The smallest absolute Gasteiger partial charge is 0.319 e. The van der Waals surface area contributed by atoms with Crippen LogP contribution in [-0.2, 0) is 5.54 Å². The topological polar surface area (TPSA) is 78.1 Å². The van der Waals surface area contributed by atoms with Crippen molar-refractivity contribution in [1.82, 2.24) is 5.32 Å². The second-order valence-electron chi connectivity index (χ2n) is 6.63. The SMILES string of the molecule is COc1ccc(NC(=O)NC(C)(C)c2ccc3c(c2)OCCO3)cc1OC. The molecule has 0 aliphatic carbocycles. The van der Waals surface area contributed by atoms with Crippen LogP contribution in [0.3, 0.4) is 0 Å². The number of rotatable bonds is 5. The largest absolute Gasteiger partial charge is 0.493 e. The lowest BCUT2D eigenvalue weighted by molar-refractivity contribution is 0.171. The Balaban J connectivity index is 1.71. The van der Waals surface area contributed by atoms with E-state index in [0.29, 0.717) is 36.1 Å². The van der Waals surface area contributed by atoms with Gasteiger partial charge < -0.3 is 29.6 Å². The lowest BCUT2D eigenvalue weighted by Gasteiger charge is -2.28. The normalized spacial score (nSPS) is 12.9. The molecule has 144 valence electrons. The van der Waals surface area contributed by atoms with Crippen molar-refractivity contribution in [3.05, 3.63) is 42.0 Å². The molecule has 1 aliphatic heterocycles. The summed E-state index contributed by atoms with van der Waals surface area (Å²) < 4.78 is 21.6. The third kappa shape index (κ3) is 4.19. The molecule has 3 rings (SSSR count). The number of benzene rings is 2. The first kappa shape index (κ1) is 18.7. The van der Waals surface area contributed by atoms with Gasteiger partial charge in [-0.3, -0.25) is 0 Å². The van der Waals surface area contributed by atoms with Crippen molar-refractivity contribution in [2.75, 3.05) is 32.8 Å². The molecule has 0 saturated heterocycles. The summed E-state index contributed by atoms with van der Waals surface area (Å²) in [5.74, 6) is 2.55. The molecule has 0 radical (unpaired) electrons. The lowest BCUT2D eigenvalue weighted by atomic mass is 9.94. The Hall–Kier alpha value is -3.09. The predicted molar refractivity (Wildman–Crippen MR) is 102 cm³/mol. The van der Waals surface area contributed by atoms with Gasteiger partial charge in [0.1, 0.15) is 13.2 Å². The van der Waals surface area contributed by atoms with Crippen molar-refractivity contribution in [2.24, 2.45) is 0 Å². The number of hydrogen-bond donors (Lipinski definition) is 2. The van der Waals surface area contributed by atoms with Crippen molar-refractivity contribution >= 4 is 11.7 Å². The van der Waals surface area contributed by atoms with Crippen LogP contribution in [0.5, 0.6) is 23.0 Å². The maximum absolute atomic E-state index is 12.5. The average Bonchev–Trinajstić information content (AvgIpc) is 2.67. The first-order valence-electron chi connectivity index (χ1n) is 8.64. The van der Waals surface area contributed by atoms with Crippen LogP contribution < -0.4 is 29.6 Å². The van der Waals surface area contributed by atoms with Gasteiger partial charge >= 0.3 is 6.03 Å². The molecule has 0 spiro atoms. The Kier molecular flexibility index (Phi) is 5.30. The quantitative estimate of drug-likeness (QED) is 0.839. The van der Waals surface area contributed by atoms with E-state index in [1.165, 1.54) is 0 Å². The number of anilines is 1. The van der Waals surface area contributed by atoms with Gasteiger partial charge in [-0.15, -0.1) is 0 Å². The fourth-order valence-electron chi connectivity index (χ4n) is 2.86. The Morgan fingerprint density at radius 1 is 0.963 bits per heavy atom. The van der Waals surface area contributed by atoms with E-state index in [-0.39, 0.29) is 6.03 Å². The predicted octanol–water partition coefficient (Wildman–Crippen LogP) is 3.53. The van der Waals surface area contributed by atoms with E-state index in [1.54, 1.807) is 32.4 Å². The summed E-state index contributed by atoms with van der Waals surface area (Å²) in [5, 5.41) is 5.79. The minimum absolute atomic E-state index is 0.331. The summed E-state index contributed by atoms with van der Waals surface area (Å²) in [7, 11) is 3.11. The number of hydrogen-bond acceptors (Lipinski definition) is 5. The van der Waals surface area contributed by atoms with Crippen molar-refractivity contribution in [3.8, 4) is 23.0 Å². The van der Waals surface area contributed by atoms with E-state index in [2.05, 4.69) is 10.6 Å². The zero-order valence-electron chi connectivity index (χ0n) is 15.9. The highest BCUT2D eigenvalue weighted by molar-refractivity contribution is 5.90. The molecule has 27 heavy (non-hydrogen) atoms. The Morgan fingerprint density at radius 3 is 2.37 bits per heavy atom. The van der Waals surface area contributed by atoms with Crippen LogP contribution in [0.2, 0.25) is 0 Å². The average molecular weight is 372 g/mol. The number of nitrogens with one attached hydrogen (secondary N) is 2. The van der Waals surface area contributed by atoms with Gasteiger partial charge in [-0.05, 0) is 43.7 Å². The van der Waals surface area contributed by atoms with Gasteiger partial charge in [-0.2, -0.15) is 0 Å². The summed E-state index contributed by atoms with van der Waals surface area (Å²) in [6.45, 7) is 4.91. The highest BCUT2D eigenvalue weighted by Gasteiger charge is 2.25. The molecule has 0 aromatic heterocycles. The third-order valence-electron chi connectivity index (χ3n) is 4.33. The minimum Gasteiger partial charge on any atom is -0.493 e. The molecule has 7 heteroatoms. The van der Waals surface area contributed by atoms with E-state index in [1.807, 2.05) is 32.0 Å². The van der Waals surface area contributed by atoms with Crippen LogP contribution in [-0.4, -0.2) is 33.5 Å². The summed E-state index contributed by atoms with van der Waals surface area (Å²) in [6.07, 6.45) is 0. The van der Waals surface area contributed by atoms with Gasteiger partial charge in [-0.1, -0.05) is 6.07 Å². The number of ether oxygens (including phenoxy) is 4. The maximum Gasteiger partial charge on any atom is 0.319 e. The van der Waals surface area contributed by atoms with Crippen LogP contribution in [0.15, 0.2) is 36.4 Å². The first-order chi connectivity index (χ1) is 12.9. The van der Waals surface area contributed by atoms with Gasteiger partial charge in [0, 0.05) is 11.8 Å². The zero-order valence-corrected chi connectivity index (χ0v) is 15.9. The highest BCUT2D eigenvalue weighted by Crippen LogP contribution is 2.34. The summed E-state index contributed by atoms with van der Waals surface area (Å²) in [5.41, 5.74) is 0.897. The lowest BCUT2D eigenvalue weighted by Crippen LogP contribution is -2.43. The number of fused-ring (bicyclic) bond motifs is 1. The summed E-state index contributed by atoms with van der Waals surface area (Å²) in [6, 6.07) is 10.5. The number of urea groups is 1. The van der Waals surface area contributed by atoms with Crippen LogP contribution in [0.4, 0.5) is 10.5 Å². The van der Waals surface area contributed by atoms with E-state index in [0.717, 1.165) is 11.3 Å². The molecule has 7 nitrogen and oxygen atoms in total. The molecule has 2 aromatic rings. The molecule has 2 amide bonds. The maximum atomic E-state index is 12.5. The molecule has 0 saturated carbocycles. The minimum atomic E-state index is -0.615. The van der Waals surface area contributed by atoms with Gasteiger partial charge in [-0.25, -0.2) is 4.79 Å². The Labute approximate surface area is 158 Å². The van der Waals surface area contributed by atoms with Crippen LogP contribution in [0.25, 0.3) is 0 Å². The fraction of sp³-hybridized carbons (Fsp3) is 0.350. The van der Waals surface area contributed by atoms with Crippen LogP contribution >= 0.6 is 0 Å². The van der Waals surface area contributed by atoms with E-state index in [4.69, 9.17) is 18.9 Å². The van der Waals surface area contributed by atoms with Crippen molar-refractivity contribution in [3.63, 3.8) is 0 Å². The molecular weight excluding hydrogens is 348 g/mol. The van der Waals surface area contributed by atoms with Gasteiger partial charge in [0.2, 0.25) is 0 Å². The van der Waals surface area contributed by atoms with Gasteiger partial charge in [0.05, 0.1) is 19.8 Å². The van der Waals surface area contributed by atoms with Crippen molar-refractivity contribution < 1.29 is 23.7 Å². The van der Waals surface area contributed by atoms with E-state index >= 15 is 0 Å². The molecule has 0 fully saturated rings. The first-order valence-corrected chi connectivity index (χ1v) is 8.64. The molecule has 1 aliphatic rings. The van der Waals surface area contributed by atoms with Gasteiger partial charge in [0.25, 0.3) is 0 Å². The van der Waals surface area contributed by atoms with Crippen LogP contribution in [0, 0.1) is 0 Å². The van der Waals surface area contributed by atoms with E-state index < -0.39 is 5.54 Å². The fourth-order valence-corrected chi connectivity index (χ4v) is 2.86. The molecule has 0 bridgehead atoms. The second kappa shape index (κ2) is 7.65. The van der Waals surface area contributed by atoms with Crippen molar-refractivity contribution in [2.45, 2.75) is 19.4 Å². The molecule has 2 aromatic carbocycles. The molecular formula is C20H24N2O5. The van der Waals surface area contributed by atoms with Gasteiger partial charge in [0.15, 0.2) is 23.0 Å². The van der Waals surface area contributed by atoms with Crippen molar-refractivity contribution in [1.29, 1.82) is 0 Å². The Bertz CT molecular complexity index is 835. The number of amides is 2. The number of carbonyl (C=O) groups excluding carboxylic acids is 1. The van der Waals surface area contributed by atoms with Crippen LogP contribution in [0.1, 0.15) is 19.4 Å². The summed E-state index contributed by atoms with van der Waals surface area (Å²) >= 11 is 0.